The minimum Gasteiger partial charge on any atom is -0.324 e. The lowest BCUT2D eigenvalue weighted by molar-refractivity contribution is 0.306. The van der Waals surface area contributed by atoms with E-state index in [1.165, 1.54) is 32.1 Å². The van der Waals surface area contributed by atoms with E-state index >= 15 is 0 Å². The van der Waals surface area contributed by atoms with Gasteiger partial charge >= 0.3 is 0 Å². The van der Waals surface area contributed by atoms with Crippen LogP contribution in [0, 0.1) is 17.8 Å². The predicted octanol–water partition coefficient (Wildman–Crippen LogP) is 2.33. The van der Waals surface area contributed by atoms with Crippen molar-refractivity contribution in [1.29, 1.82) is 0 Å². The van der Waals surface area contributed by atoms with E-state index < -0.39 is 0 Å². The van der Waals surface area contributed by atoms with Gasteiger partial charge in [-0.05, 0) is 43.4 Å². The predicted molar refractivity (Wildman–Crippen MR) is 51.7 cm³/mol. The molecule has 2 fully saturated rings. The summed E-state index contributed by atoms with van der Waals surface area (Å²) >= 11 is 0. The molecule has 2 bridgehead atoms. The van der Waals surface area contributed by atoms with Gasteiger partial charge < -0.3 is 5.73 Å². The zero-order valence-electron chi connectivity index (χ0n) is 7.71. The standard InChI is InChI=1S/C11H19N/c1-2-11(12)7-10-6-8-3-4-9(10)5-8/h2,8-11H,1,3-7,12H2. The van der Waals surface area contributed by atoms with Gasteiger partial charge in [-0.15, -0.1) is 6.58 Å². The van der Waals surface area contributed by atoms with Crippen molar-refractivity contribution in [2.75, 3.05) is 0 Å². The highest BCUT2D eigenvalue weighted by Gasteiger charge is 2.39. The quantitative estimate of drug-likeness (QED) is 0.638. The highest BCUT2D eigenvalue weighted by molar-refractivity contribution is 4.94. The molecule has 0 saturated heterocycles. The molecule has 0 radical (unpaired) electrons. The first-order valence-electron chi connectivity index (χ1n) is 5.17. The minimum atomic E-state index is 0.245. The summed E-state index contributed by atoms with van der Waals surface area (Å²) in [6.07, 6.45) is 8.99. The first-order chi connectivity index (χ1) is 5.79. The summed E-state index contributed by atoms with van der Waals surface area (Å²) in [7, 11) is 0. The molecule has 0 amide bonds. The van der Waals surface area contributed by atoms with Crippen LogP contribution in [0.25, 0.3) is 0 Å². The Balaban J connectivity index is 1.86. The summed E-state index contributed by atoms with van der Waals surface area (Å²) in [6, 6.07) is 0.245. The van der Waals surface area contributed by atoms with E-state index in [0.29, 0.717) is 0 Å². The minimum absolute atomic E-state index is 0.245. The largest absolute Gasteiger partial charge is 0.324 e. The summed E-state index contributed by atoms with van der Waals surface area (Å²) in [6.45, 7) is 3.74. The molecule has 2 aliphatic carbocycles. The third-order valence-corrected chi connectivity index (χ3v) is 3.76. The van der Waals surface area contributed by atoms with Gasteiger partial charge in [-0.2, -0.15) is 0 Å². The van der Waals surface area contributed by atoms with E-state index in [9.17, 15) is 0 Å². The molecule has 4 atom stereocenters. The second-order valence-corrected chi connectivity index (χ2v) is 4.57. The summed E-state index contributed by atoms with van der Waals surface area (Å²) < 4.78 is 0. The zero-order chi connectivity index (χ0) is 8.55. The zero-order valence-corrected chi connectivity index (χ0v) is 7.71. The molecule has 1 heteroatoms. The van der Waals surface area contributed by atoms with Crippen LogP contribution in [0.5, 0.6) is 0 Å². The fourth-order valence-corrected chi connectivity index (χ4v) is 3.11. The maximum atomic E-state index is 5.87. The van der Waals surface area contributed by atoms with Gasteiger partial charge in [0.15, 0.2) is 0 Å². The van der Waals surface area contributed by atoms with Gasteiger partial charge in [-0.1, -0.05) is 12.5 Å². The number of nitrogens with two attached hydrogens (primary N) is 1. The van der Waals surface area contributed by atoms with E-state index in [1.807, 2.05) is 6.08 Å². The molecule has 0 aromatic rings. The van der Waals surface area contributed by atoms with Crippen molar-refractivity contribution in [3.05, 3.63) is 12.7 Å². The average molecular weight is 165 g/mol. The second kappa shape index (κ2) is 3.21. The fraction of sp³-hybridized carbons (Fsp3) is 0.818. The molecule has 4 unspecified atom stereocenters. The smallest absolute Gasteiger partial charge is 0.0223 e. The molecular weight excluding hydrogens is 146 g/mol. The van der Waals surface area contributed by atoms with Crippen molar-refractivity contribution in [1.82, 2.24) is 0 Å². The van der Waals surface area contributed by atoms with Crippen molar-refractivity contribution in [3.8, 4) is 0 Å². The van der Waals surface area contributed by atoms with Gasteiger partial charge in [-0.25, -0.2) is 0 Å². The number of fused-ring (bicyclic) bond motifs is 2. The van der Waals surface area contributed by atoms with Crippen LogP contribution in [0.15, 0.2) is 12.7 Å². The lowest BCUT2D eigenvalue weighted by Gasteiger charge is -2.23. The number of rotatable bonds is 3. The molecule has 68 valence electrons. The SMILES string of the molecule is C=CC(N)CC1CC2CCC1C2. The molecular formula is C11H19N. The van der Waals surface area contributed by atoms with E-state index in [4.69, 9.17) is 5.73 Å². The summed E-state index contributed by atoms with van der Waals surface area (Å²) in [5.74, 6) is 3.00. The first-order valence-corrected chi connectivity index (χ1v) is 5.17. The lowest BCUT2D eigenvalue weighted by Crippen LogP contribution is -2.23. The summed E-state index contributed by atoms with van der Waals surface area (Å²) in [5.41, 5.74) is 5.87. The number of hydrogen-bond donors (Lipinski definition) is 1. The van der Waals surface area contributed by atoms with Crippen LogP contribution in [0.2, 0.25) is 0 Å². The Bertz CT molecular complexity index is 176. The maximum Gasteiger partial charge on any atom is 0.0223 e. The molecule has 1 nitrogen and oxygen atoms in total. The van der Waals surface area contributed by atoms with Gasteiger partial charge in [-0.3, -0.25) is 0 Å². The topological polar surface area (TPSA) is 26.0 Å². The molecule has 0 aromatic carbocycles. The van der Waals surface area contributed by atoms with Gasteiger partial charge in [0.25, 0.3) is 0 Å². The maximum absolute atomic E-state index is 5.87. The van der Waals surface area contributed by atoms with Crippen LogP contribution in [0.3, 0.4) is 0 Å². The van der Waals surface area contributed by atoms with Crippen molar-refractivity contribution in [2.45, 2.75) is 38.1 Å². The van der Waals surface area contributed by atoms with Crippen LogP contribution in [-0.2, 0) is 0 Å². The Kier molecular flexibility index (Phi) is 2.22. The van der Waals surface area contributed by atoms with Crippen LogP contribution in [0.1, 0.15) is 32.1 Å². The summed E-state index contributed by atoms with van der Waals surface area (Å²) in [5, 5.41) is 0. The second-order valence-electron chi connectivity index (χ2n) is 4.57. The Morgan fingerprint density at radius 1 is 1.42 bits per heavy atom. The van der Waals surface area contributed by atoms with E-state index in [2.05, 4.69) is 6.58 Å². The van der Waals surface area contributed by atoms with Crippen LogP contribution >= 0.6 is 0 Å². The fourth-order valence-electron chi connectivity index (χ4n) is 3.11. The summed E-state index contributed by atoms with van der Waals surface area (Å²) in [4.78, 5) is 0. The molecule has 0 aliphatic heterocycles. The van der Waals surface area contributed by atoms with E-state index in [-0.39, 0.29) is 6.04 Å². The molecule has 2 aliphatic rings. The van der Waals surface area contributed by atoms with Gasteiger partial charge in [0.1, 0.15) is 0 Å². The van der Waals surface area contributed by atoms with Crippen molar-refractivity contribution < 1.29 is 0 Å². The molecule has 0 spiro atoms. The van der Waals surface area contributed by atoms with Crippen molar-refractivity contribution in [3.63, 3.8) is 0 Å². The van der Waals surface area contributed by atoms with Crippen LogP contribution in [-0.4, -0.2) is 6.04 Å². The lowest BCUT2D eigenvalue weighted by atomic mass is 9.84. The van der Waals surface area contributed by atoms with E-state index in [0.717, 1.165) is 17.8 Å². The Labute approximate surface area is 75.0 Å². The average Bonchev–Trinajstić information content (AvgIpc) is 2.64. The molecule has 0 heterocycles. The molecule has 12 heavy (non-hydrogen) atoms. The van der Waals surface area contributed by atoms with Gasteiger partial charge in [0.2, 0.25) is 0 Å². The Morgan fingerprint density at radius 3 is 2.75 bits per heavy atom. The monoisotopic (exact) mass is 165 g/mol. The van der Waals surface area contributed by atoms with Crippen molar-refractivity contribution >= 4 is 0 Å². The number of hydrogen-bond acceptors (Lipinski definition) is 1. The van der Waals surface area contributed by atoms with E-state index in [1.54, 1.807) is 0 Å². The first kappa shape index (κ1) is 8.31. The van der Waals surface area contributed by atoms with Gasteiger partial charge in [0.05, 0.1) is 0 Å². The third-order valence-electron chi connectivity index (χ3n) is 3.76. The highest BCUT2D eigenvalue weighted by atomic mass is 14.6. The Hall–Kier alpha value is -0.300. The molecule has 2 N–H and O–H groups in total. The van der Waals surface area contributed by atoms with Crippen molar-refractivity contribution in [2.24, 2.45) is 23.5 Å². The highest BCUT2D eigenvalue weighted by Crippen LogP contribution is 2.49. The third kappa shape index (κ3) is 1.42. The van der Waals surface area contributed by atoms with Crippen LogP contribution in [0.4, 0.5) is 0 Å². The normalized spacial score (nSPS) is 41.6. The Morgan fingerprint density at radius 2 is 2.25 bits per heavy atom. The van der Waals surface area contributed by atoms with Gasteiger partial charge in [0, 0.05) is 6.04 Å². The molecule has 2 saturated carbocycles. The molecule has 2 rings (SSSR count). The molecule has 0 aromatic heterocycles. The van der Waals surface area contributed by atoms with Crippen LogP contribution < -0.4 is 5.73 Å².